The van der Waals surface area contributed by atoms with Crippen LogP contribution in [0.25, 0.3) is 0 Å². The number of benzene rings is 2. The van der Waals surface area contributed by atoms with Crippen LogP contribution in [-0.2, 0) is 0 Å². The van der Waals surface area contributed by atoms with Crippen molar-refractivity contribution in [2.75, 3.05) is 11.9 Å². The molecule has 0 fully saturated rings. The minimum absolute atomic E-state index is 0.230. The Bertz CT molecular complexity index is 764. The summed E-state index contributed by atoms with van der Waals surface area (Å²) in [4.78, 5) is 25.0. The minimum atomic E-state index is -0.361. The molecule has 2 rings (SSSR count). The molecule has 0 heterocycles. The highest BCUT2D eigenvalue weighted by Crippen LogP contribution is 2.19. The van der Waals surface area contributed by atoms with Crippen molar-refractivity contribution in [3.05, 3.63) is 59.7 Å². The zero-order valence-corrected chi connectivity index (χ0v) is 15.1. The molecule has 0 unspecified atom stereocenters. The van der Waals surface area contributed by atoms with Crippen LogP contribution in [-0.4, -0.2) is 24.0 Å². The first-order valence-corrected chi connectivity index (χ1v) is 8.26. The molecule has 0 saturated heterocycles. The maximum atomic E-state index is 12.5. The van der Waals surface area contributed by atoms with Crippen molar-refractivity contribution in [3.8, 4) is 5.75 Å². The van der Waals surface area contributed by atoms with E-state index < -0.39 is 0 Å². The Balaban J connectivity index is 2.21. The molecule has 0 radical (unpaired) electrons. The lowest BCUT2D eigenvalue weighted by Crippen LogP contribution is -2.40. The highest BCUT2D eigenvalue weighted by Gasteiger charge is 2.19. The van der Waals surface area contributed by atoms with Gasteiger partial charge in [0.1, 0.15) is 5.75 Å². The summed E-state index contributed by atoms with van der Waals surface area (Å²) < 4.78 is 5.42. The molecule has 5 heteroatoms. The van der Waals surface area contributed by atoms with E-state index in [0.29, 0.717) is 29.2 Å². The van der Waals surface area contributed by atoms with Crippen molar-refractivity contribution in [2.24, 2.45) is 0 Å². The number of anilines is 1. The first-order chi connectivity index (χ1) is 11.8. The summed E-state index contributed by atoms with van der Waals surface area (Å²) in [6, 6.07) is 13.9. The monoisotopic (exact) mass is 340 g/mol. The second-order valence-corrected chi connectivity index (χ2v) is 6.66. The highest BCUT2D eigenvalue weighted by atomic mass is 16.5. The van der Waals surface area contributed by atoms with E-state index in [0.717, 1.165) is 0 Å². The first kappa shape index (κ1) is 18.5. The second-order valence-electron chi connectivity index (χ2n) is 6.66. The molecule has 5 nitrogen and oxygen atoms in total. The fourth-order valence-electron chi connectivity index (χ4n) is 2.29. The average molecular weight is 340 g/mol. The number of carbonyl (C=O) groups is 2. The van der Waals surface area contributed by atoms with E-state index in [2.05, 4.69) is 10.6 Å². The summed E-state index contributed by atoms with van der Waals surface area (Å²) in [5.74, 6) is 0.109. The molecule has 0 saturated carbocycles. The van der Waals surface area contributed by atoms with Gasteiger partial charge in [0, 0.05) is 11.1 Å². The molecular formula is C20H24N2O3. The summed E-state index contributed by atoms with van der Waals surface area (Å²) in [6.07, 6.45) is 0. The SMILES string of the molecule is CCOc1cccc(C(=O)Nc2ccccc2C(=O)NC(C)(C)C)c1. The number of rotatable bonds is 5. The number of para-hydroxylation sites is 1. The minimum Gasteiger partial charge on any atom is -0.494 e. The Morgan fingerprint density at radius 2 is 1.72 bits per heavy atom. The van der Waals surface area contributed by atoms with Crippen molar-refractivity contribution in [2.45, 2.75) is 33.2 Å². The van der Waals surface area contributed by atoms with Gasteiger partial charge in [-0.15, -0.1) is 0 Å². The maximum Gasteiger partial charge on any atom is 0.255 e. The van der Waals surface area contributed by atoms with E-state index in [-0.39, 0.29) is 17.4 Å². The van der Waals surface area contributed by atoms with E-state index in [9.17, 15) is 9.59 Å². The highest BCUT2D eigenvalue weighted by molar-refractivity contribution is 6.09. The summed E-state index contributed by atoms with van der Waals surface area (Å²) in [7, 11) is 0. The number of hydrogen-bond donors (Lipinski definition) is 2. The summed E-state index contributed by atoms with van der Waals surface area (Å²) in [6.45, 7) is 8.14. The summed E-state index contributed by atoms with van der Waals surface area (Å²) in [5, 5.41) is 5.71. The van der Waals surface area contributed by atoms with Crippen LogP contribution in [0.1, 0.15) is 48.4 Å². The summed E-state index contributed by atoms with van der Waals surface area (Å²) >= 11 is 0. The predicted molar refractivity (Wildman–Crippen MR) is 99.2 cm³/mol. The van der Waals surface area contributed by atoms with Gasteiger partial charge in [-0.25, -0.2) is 0 Å². The van der Waals surface area contributed by atoms with E-state index in [4.69, 9.17) is 4.74 Å². The number of hydrogen-bond acceptors (Lipinski definition) is 3. The Morgan fingerprint density at radius 1 is 1.00 bits per heavy atom. The van der Waals surface area contributed by atoms with Crippen molar-refractivity contribution in [3.63, 3.8) is 0 Å². The van der Waals surface area contributed by atoms with E-state index in [1.165, 1.54) is 0 Å². The molecule has 2 aromatic rings. The fourth-order valence-corrected chi connectivity index (χ4v) is 2.29. The molecule has 0 aliphatic carbocycles. The number of carbonyl (C=O) groups excluding carboxylic acids is 2. The molecule has 0 atom stereocenters. The Labute approximate surface area is 148 Å². The number of amides is 2. The largest absolute Gasteiger partial charge is 0.494 e. The Hall–Kier alpha value is -2.82. The third-order valence-corrected chi connectivity index (χ3v) is 3.32. The maximum absolute atomic E-state index is 12.5. The third-order valence-electron chi connectivity index (χ3n) is 3.32. The molecule has 0 aliphatic rings. The number of ether oxygens (including phenoxy) is 1. The van der Waals surface area contributed by atoms with Gasteiger partial charge in [0.05, 0.1) is 17.9 Å². The van der Waals surface area contributed by atoms with Gasteiger partial charge in [0.2, 0.25) is 0 Å². The van der Waals surface area contributed by atoms with Crippen LogP contribution >= 0.6 is 0 Å². The quantitative estimate of drug-likeness (QED) is 0.868. The lowest BCUT2D eigenvalue weighted by Gasteiger charge is -2.21. The van der Waals surface area contributed by atoms with E-state index in [1.807, 2.05) is 27.7 Å². The molecule has 0 bridgehead atoms. The third kappa shape index (κ3) is 5.35. The van der Waals surface area contributed by atoms with E-state index >= 15 is 0 Å². The van der Waals surface area contributed by atoms with Crippen molar-refractivity contribution in [1.82, 2.24) is 5.32 Å². The number of nitrogens with one attached hydrogen (secondary N) is 2. The van der Waals surface area contributed by atoms with Crippen LogP contribution in [0, 0.1) is 0 Å². The van der Waals surface area contributed by atoms with Crippen molar-refractivity contribution < 1.29 is 14.3 Å². The molecule has 2 N–H and O–H groups in total. The van der Waals surface area contributed by atoms with Gasteiger partial charge >= 0.3 is 0 Å². The summed E-state index contributed by atoms with van der Waals surface area (Å²) in [5.41, 5.74) is 1.000. The zero-order valence-electron chi connectivity index (χ0n) is 15.1. The Morgan fingerprint density at radius 3 is 2.40 bits per heavy atom. The Kier molecular flexibility index (Phi) is 5.80. The zero-order chi connectivity index (χ0) is 18.4. The van der Waals surface area contributed by atoms with Gasteiger partial charge in [-0.05, 0) is 58.0 Å². The first-order valence-electron chi connectivity index (χ1n) is 8.26. The van der Waals surface area contributed by atoms with Gasteiger partial charge < -0.3 is 15.4 Å². The normalized spacial score (nSPS) is 10.9. The standard InChI is InChI=1S/C20H24N2O3/c1-5-25-15-10-8-9-14(13-15)18(23)21-17-12-7-6-11-16(17)19(24)22-20(2,3)4/h6-13H,5H2,1-4H3,(H,21,23)(H,22,24). The molecule has 0 aliphatic heterocycles. The smallest absolute Gasteiger partial charge is 0.255 e. The van der Waals surface area contributed by atoms with E-state index in [1.54, 1.807) is 48.5 Å². The molecular weight excluding hydrogens is 316 g/mol. The van der Waals surface area contributed by atoms with Gasteiger partial charge in [-0.2, -0.15) is 0 Å². The van der Waals surface area contributed by atoms with Crippen LogP contribution in [0.4, 0.5) is 5.69 Å². The van der Waals surface area contributed by atoms with Crippen LogP contribution in [0.2, 0.25) is 0 Å². The molecule has 0 aromatic heterocycles. The predicted octanol–water partition coefficient (Wildman–Crippen LogP) is 3.87. The van der Waals surface area contributed by atoms with Gasteiger partial charge in [0.25, 0.3) is 11.8 Å². The molecule has 2 aromatic carbocycles. The van der Waals surface area contributed by atoms with Gasteiger partial charge in [0.15, 0.2) is 0 Å². The van der Waals surface area contributed by atoms with Crippen LogP contribution in [0.3, 0.4) is 0 Å². The molecule has 25 heavy (non-hydrogen) atoms. The fraction of sp³-hybridized carbons (Fsp3) is 0.300. The van der Waals surface area contributed by atoms with Gasteiger partial charge in [-0.1, -0.05) is 18.2 Å². The van der Waals surface area contributed by atoms with Crippen molar-refractivity contribution in [1.29, 1.82) is 0 Å². The van der Waals surface area contributed by atoms with Crippen LogP contribution in [0.15, 0.2) is 48.5 Å². The second kappa shape index (κ2) is 7.83. The average Bonchev–Trinajstić information content (AvgIpc) is 2.54. The van der Waals surface area contributed by atoms with Gasteiger partial charge in [-0.3, -0.25) is 9.59 Å². The topological polar surface area (TPSA) is 67.4 Å². The molecule has 0 spiro atoms. The van der Waals surface area contributed by atoms with Crippen molar-refractivity contribution >= 4 is 17.5 Å². The van der Waals surface area contributed by atoms with Crippen LogP contribution < -0.4 is 15.4 Å². The molecule has 132 valence electrons. The lowest BCUT2D eigenvalue weighted by atomic mass is 10.1. The lowest BCUT2D eigenvalue weighted by molar-refractivity contribution is 0.0920. The van der Waals surface area contributed by atoms with Crippen LogP contribution in [0.5, 0.6) is 5.75 Å². The molecule has 2 amide bonds.